The molecule has 0 aromatic heterocycles. The fourth-order valence-electron chi connectivity index (χ4n) is 1.29. The minimum atomic E-state index is 0.148. The highest BCUT2D eigenvalue weighted by atomic mass is 16.5. The predicted octanol–water partition coefficient (Wildman–Crippen LogP) is 1.72. The molecule has 3 heteroatoms. The summed E-state index contributed by atoms with van der Waals surface area (Å²) in [5, 5.41) is 11.8. The summed E-state index contributed by atoms with van der Waals surface area (Å²) in [5.41, 5.74) is 2.09. The monoisotopic (exact) mass is 221 g/mol. The van der Waals surface area contributed by atoms with E-state index in [1.165, 1.54) is 0 Å². The summed E-state index contributed by atoms with van der Waals surface area (Å²) in [4.78, 5) is 0. The summed E-state index contributed by atoms with van der Waals surface area (Å²) in [6.45, 7) is 7.72. The summed E-state index contributed by atoms with van der Waals surface area (Å²) < 4.78 is 5.63. The molecule has 1 aromatic carbocycles. The van der Waals surface area contributed by atoms with E-state index in [0.717, 1.165) is 16.9 Å². The van der Waals surface area contributed by atoms with E-state index < -0.39 is 0 Å². The van der Waals surface area contributed by atoms with Gasteiger partial charge in [-0.1, -0.05) is 24.8 Å². The molecule has 1 aromatic rings. The van der Waals surface area contributed by atoms with Crippen LogP contribution in [-0.4, -0.2) is 24.9 Å². The number of rotatable bonds is 7. The van der Waals surface area contributed by atoms with Crippen molar-refractivity contribution >= 4 is 0 Å². The van der Waals surface area contributed by atoms with Gasteiger partial charge in [0.15, 0.2) is 0 Å². The lowest BCUT2D eigenvalue weighted by molar-refractivity contribution is 0.291. The Morgan fingerprint density at radius 1 is 1.44 bits per heavy atom. The summed E-state index contributed by atoms with van der Waals surface area (Å²) in [6, 6.07) is 7.88. The highest BCUT2D eigenvalue weighted by Gasteiger charge is 2.01. The molecule has 88 valence electrons. The Morgan fingerprint density at radius 3 is 2.88 bits per heavy atom. The molecule has 0 bridgehead atoms. The highest BCUT2D eigenvalue weighted by molar-refractivity contribution is 5.33. The second-order valence-electron chi connectivity index (χ2n) is 3.75. The van der Waals surface area contributed by atoms with Gasteiger partial charge in [-0.15, -0.1) is 0 Å². The molecular weight excluding hydrogens is 202 g/mol. The average molecular weight is 221 g/mol. The lowest BCUT2D eigenvalue weighted by Gasteiger charge is -2.11. The number of aliphatic hydroxyl groups is 1. The van der Waals surface area contributed by atoms with Gasteiger partial charge in [0.05, 0.1) is 6.61 Å². The molecule has 16 heavy (non-hydrogen) atoms. The zero-order valence-corrected chi connectivity index (χ0v) is 9.70. The van der Waals surface area contributed by atoms with Crippen molar-refractivity contribution in [2.75, 3.05) is 19.8 Å². The molecule has 0 unspecified atom stereocenters. The van der Waals surface area contributed by atoms with Crippen LogP contribution in [0.1, 0.15) is 12.5 Å². The first-order chi connectivity index (χ1) is 7.74. The van der Waals surface area contributed by atoms with Crippen molar-refractivity contribution in [3.63, 3.8) is 0 Å². The van der Waals surface area contributed by atoms with Gasteiger partial charge in [-0.3, -0.25) is 0 Å². The number of aliphatic hydroxyl groups excluding tert-OH is 1. The number of hydrogen-bond acceptors (Lipinski definition) is 3. The molecule has 1 rings (SSSR count). The van der Waals surface area contributed by atoms with Crippen molar-refractivity contribution < 1.29 is 9.84 Å². The van der Waals surface area contributed by atoms with Gasteiger partial charge in [-0.05, 0) is 18.6 Å². The fraction of sp³-hybridized carbons (Fsp3) is 0.385. The lowest BCUT2D eigenvalue weighted by Crippen LogP contribution is -2.18. The Labute approximate surface area is 96.8 Å². The molecule has 0 heterocycles. The van der Waals surface area contributed by atoms with Crippen LogP contribution in [0.3, 0.4) is 0 Å². The van der Waals surface area contributed by atoms with Crippen molar-refractivity contribution in [3.05, 3.63) is 42.0 Å². The van der Waals surface area contributed by atoms with Crippen LogP contribution in [0.2, 0.25) is 0 Å². The lowest BCUT2D eigenvalue weighted by atomic mass is 10.2. The standard InChI is InChI=1S/C13H19NO2/c1-11(2)10-16-13-6-4-3-5-12(13)9-14-7-8-15/h3-6,14-15H,1,7-10H2,2H3. The normalized spacial score (nSPS) is 10.1. The predicted molar refractivity (Wildman–Crippen MR) is 65.5 cm³/mol. The first-order valence-corrected chi connectivity index (χ1v) is 5.40. The van der Waals surface area contributed by atoms with Crippen LogP contribution in [-0.2, 0) is 6.54 Å². The van der Waals surface area contributed by atoms with Crippen LogP contribution in [0.15, 0.2) is 36.4 Å². The van der Waals surface area contributed by atoms with E-state index in [2.05, 4.69) is 11.9 Å². The zero-order chi connectivity index (χ0) is 11.8. The van der Waals surface area contributed by atoms with Gasteiger partial charge in [0.25, 0.3) is 0 Å². The number of para-hydroxylation sites is 1. The van der Waals surface area contributed by atoms with Gasteiger partial charge in [-0.25, -0.2) is 0 Å². The van der Waals surface area contributed by atoms with E-state index >= 15 is 0 Å². The van der Waals surface area contributed by atoms with Gasteiger partial charge in [-0.2, -0.15) is 0 Å². The molecule has 0 aliphatic carbocycles. The number of ether oxygens (including phenoxy) is 1. The van der Waals surface area contributed by atoms with E-state index in [0.29, 0.717) is 19.7 Å². The highest BCUT2D eigenvalue weighted by Crippen LogP contribution is 2.18. The molecule has 0 fully saturated rings. The van der Waals surface area contributed by atoms with Crippen LogP contribution in [0.4, 0.5) is 0 Å². The Kier molecular flexibility index (Phi) is 5.61. The molecule has 0 aliphatic rings. The van der Waals surface area contributed by atoms with Gasteiger partial charge < -0.3 is 15.2 Å². The SMILES string of the molecule is C=C(C)COc1ccccc1CNCCO. The minimum Gasteiger partial charge on any atom is -0.489 e. The minimum absolute atomic E-state index is 0.148. The summed E-state index contributed by atoms with van der Waals surface area (Å²) in [6.07, 6.45) is 0. The summed E-state index contributed by atoms with van der Waals surface area (Å²) in [7, 11) is 0. The third kappa shape index (κ3) is 4.47. The molecule has 2 N–H and O–H groups in total. The maximum absolute atomic E-state index is 8.68. The maximum atomic E-state index is 8.68. The summed E-state index contributed by atoms with van der Waals surface area (Å²) >= 11 is 0. The quantitative estimate of drug-likeness (QED) is 0.544. The van der Waals surface area contributed by atoms with Crippen molar-refractivity contribution in [3.8, 4) is 5.75 Å². The van der Waals surface area contributed by atoms with Gasteiger partial charge in [0.1, 0.15) is 12.4 Å². The van der Waals surface area contributed by atoms with Crippen molar-refractivity contribution in [2.24, 2.45) is 0 Å². The van der Waals surface area contributed by atoms with E-state index in [1.807, 2.05) is 31.2 Å². The van der Waals surface area contributed by atoms with Crippen molar-refractivity contribution in [1.29, 1.82) is 0 Å². The summed E-state index contributed by atoms with van der Waals surface area (Å²) in [5.74, 6) is 0.871. The third-order valence-electron chi connectivity index (χ3n) is 2.05. The molecular formula is C13H19NO2. The molecule has 0 saturated heterocycles. The maximum Gasteiger partial charge on any atom is 0.124 e. The Hall–Kier alpha value is -1.32. The molecule has 0 radical (unpaired) electrons. The fourth-order valence-corrected chi connectivity index (χ4v) is 1.29. The Balaban J connectivity index is 2.56. The molecule has 0 atom stereocenters. The van der Waals surface area contributed by atoms with Gasteiger partial charge in [0, 0.05) is 18.7 Å². The van der Waals surface area contributed by atoms with Crippen molar-refractivity contribution in [2.45, 2.75) is 13.5 Å². The number of hydrogen-bond donors (Lipinski definition) is 2. The van der Waals surface area contributed by atoms with E-state index in [-0.39, 0.29) is 6.61 Å². The third-order valence-corrected chi connectivity index (χ3v) is 2.05. The van der Waals surface area contributed by atoms with Crippen LogP contribution in [0.25, 0.3) is 0 Å². The Bertz CT molecular complexity index is 336. The molecule has 3 nitrogen and oxygen atoms in total. The largest absolute Gasteiger partial charge is 0.489 e. The molecule has 0 aliphatic heterocycles. The van der Waals surface area contributed by atoms with Gasteiger partial charge >= 0.3 is 0 Å². The van der Waals surface area contributed by atoms with Crippen LogP contribution in [0, 0.1) is 0 Å². The van der Waals surface area contributed by atoms with Crippen LogP contribution in [0.5, 0.6) is 5.75 Å². The molecule has 0 saturated carbocycles. The number of nitrogens with one attached hydrogen (secondary N) is 1. The first-order valence-electron chi connectivity index (χ1n) is 5.40. The molecule has 0 spiro atoms. The molecule has 0 amide bonds. The second-order valence-corrected chi connectivity index (χ2v) is 3.75. The number of benzene rings is 1. The first kappa shape index (κ1) is 12.7. The van der Waals surface area contributed by atoms with Crippen LogP contribution < -0.4 is 10.1 Å². The van der Waals surface area contributed by atoms with Crippen molar-refractivity contribution in [1.82, 2.24) is 5.32 Å². The topological polar surface area (TPSA) is 41.5 Å². The van der Waals surface area contributed by atoms with E-state index in [4.69, 9.17) is 9.84 Å². The average Bonchev–Trinajstić information content (AvgIpc) is 2.28. The van der Waals surface area contributed by atoms with E-state index in [9.17, 15) is 0 Å². The Morgan fingerprint density at radius 2 is 2.19 bits per heavy atom. The zero-order valence-electron chi connectivity index (χ0n) is 9.70. The van der Waals surface area contributed by atoms with Gasteiger partial charge in [0.2, 0.25) is 0 Å². The second kappa shape index (κ2) is 7.04. The van der Waals surface area contributed by atoms with Crippen LogP contribution >= 0.6 is 0 Å². The smallest absolute Gasteiger partial charge is 0.124 e. The van der Waals surface area contributed by atoms with E-state index in [1.54, 1.807) is 0 Å².